The Hall–Kier alpha value is -3.36. The number of amides is 2. The van der Waals surface area contributed by atoms with Crippen LogP contribution in [0.3, 0.4) is 0 Å². The molecule has 0 spiro atoms. The first-order valence-electron chi connectivity index (χ1n) is 12.5. The lowest BCUT2D eigenvalue weighted by Crippen LogP contribution is -2.52. The van der Waals surface area contributed by atoms with Gasteiger partial charge in [-0.2, -0.15) is 0 Å². The van der Waals surface area contributed by atoms with Gasteiger partial charge in [-0.05, 0) is 62.6 Å². The molecule has 1 atom stereocenters. The molecular weight excluding hydrogens is 522 g/mol. The lowest BCUT2D eigenvalue weighted by molar-refractivity contribution is -0.140. The van der Waals surface area contributed by atoms with Crippen molar-refractivity contribution in [1.29, 1.82) is 0 Å². The zero-order valence-electron chi connectivity index (χ0n) is 22.1. The van der Waals surface area contributed by atoms with Crippen LogP contribution in [0, 0.1) is 13.8 Å². The van der Waals surface area contributed by atoms with E-state index in [4.69, 9.17) is 11.6 Å². The highest BCUT2D eigenvalue weighted by Gasteiger charge is 2.33. The van der Waals surface area contributed by atoms with E-state index in [1.807, 2.05) is 58.0 Å². The number of nitrogens with zero attached hydrogens (tertiary/aromatic N) is 2. The Morgan fingerprint density at radius 1 is 0.947 bits per heavy atom. The summed E-state index contributed by atoms with van der Waals surface area (Å²) in [6.45, 7) is 7.39. The maximum absolute atomic E-state index is 13.9. The van der Waals surface area contributed by atoms with Crippen LogP contribution in [0.25, 0.3) is 0 Å². The molecule has 7 nitrogen and oxygen atoms in total. The summed E-state index contributed by atoms with van der Waals surface area (Å²) < 4.78 is 28.8. The highest BCUT2D eigenvalue weighted by molar-refractivity contribution is 7.92. The number of aryl methyl sites for hydroxylation is 2. The van der Waals surface area contributed by atoms with Crippen molar-refractivity contribution < 1.29 is 18.0 Å². The standard InChI is InChI=1S/C29H34ClN3O4S/c1-5-27(29(35)31-6-2)32(19-23-10-8-7-9-11-23)28(34)20-33(24-15-14-22(4)26(30)18-24)38(36,37)25-16-12-21(3)13-17-25/h7-18,27H,5-6,19-20H2,1-4H3,(H,31,35)/t27-/m0/s1. The number of rotatable bonds is 11. The first kappa shape index (κ1) is 29.2. The van der Waals surface area contributed by atoms with Crippen molar-refractivity contribution in [2.45, 2.75) is 51.6 Å². The quantitative estimate of drug-likeness (QED) is 0.357. The monoisotopic (exact) mass is 555 g/mol. The summed E-state index contributed by atoms with van der Waals surface area (Å²) in [4.78, 5) is 28.4. The largest absolute Gasteiger partial charge is 0.355 e. The number of sulfonamides is 1. The van der Waals surface area contributed by atoms with Gasteiger partial charge in [-0.1, -0.05) is 72.6 Å². The van der Waals surface area contributed by atoms with Gasteiger partial charge in [0.1, 0.15) is 12.6 Å². The minimum atomic E-state index is -4.14. The first-order chi connectivity index (χ1) is 18.1. The number of anilines is 1. The van der Waals surface area contributed by atoms with E-state index in [1.54, 1.807) is 30.3 Å². The second kappa shape index (κ2) is 12.9. The highest BCUT2D eigenvalue weighted by Crippen LogP contribution is 2.29. The zero-order chi connectivity index (χ0) is 27.9. The second-order valence-electron chi connectivity index (χ2n) is 9.08. The minimum absolute atomic E-state index is 0.0537. The van der Waals surface area contributed by atoms with Crippen molar-refractivity contribution in [3.05, 3.63) is 94.5 Å². The van der Waals surface area contributed by atoms with Gasteiger partial charge in [0.15, 0.2) is 0 Å². The molecule has 0 aliphatic heterocycles. The number of likely N-dealkylation sites (N-methyl/N-ethyl adjacent to an activating group) is 1. The molecule has 0 aliphatic carbocycles. The number of benzene rings is 3. The number of carbonyl (C=O) groups is 2. The minimum Gasteiger partial charge on any atom is -0.355 e. The van der Waals surface area contributed by atoms with E-state index in [2.05, 4.69) is 5.32 Å². The number of carbonyl (C=O) groups excluding carboxylic acids is 2. The van der Waals surface area contributed by atoms with Gasteiger partial charge in [0.25, 0.3) is 10.0 Å². The molecule has 0 saturated carbocycles. The van der Waals surface area contributed by atoms with Crippen molar-refractivity contribution in [3.8, 4) is 0 Å². The Bertz CT molecular complexity index is 1360. The molecule has 3 aromatic rings. The van der Waals surface area contributed by atoms with Crippen molar-refractivity contribution in [1.82, 2.24) is 10.2 Å². The van der Waals surface area contributed by atoms with Gasteiger partial charge < -0.3 is 10.2 Å². The molecule has 38 heavy (non-hydrogen) atoms. The van der Waals surface area contributed by atoms with Crippen LogP contribution < -0.4 is 9.62 Å². The maximum atomic E-state index is 13.9. The van der Waals surface area contributed by atoms with Crippen LogP contribution in [0.5, 0.6) is 0 Å². The van der Waals surface area contributed by atoms with Crippen LogP contribution in [0.4, 0.5) is 5.69 Å². The fourth-order valence-electron chi connectivity index (χ4n) is 4.09. The number of nitrogens with one attached hydrogen (secondary N) is 1. The normalized spacial score (nSPS) is 12.0. The highest BCUT2D eigenvalue weighted by atomic mass is 35.5. The molecule has 0 bridgehead atoms. The Labute approximate surface area is 230 Å². The van der Waals surface area contributed by atoms with Crippen molar-refractivity contribution in [3.63, 3.8) is 0 Å². The third kappa shape index (κ3) is 6.94. The maximum Gasteiger partial charge on any atom is 0.264 e. The summed E-state index contributed by atoms with van der Waals surface area (Å²) in [5, 5.41) is 3.18. The number of halogens is 1. The van der Waals surface area contributed by atoms with E-state index in [0.717, 1.165) is 21.0 Å². The van der Waals surface area contributed by atoms with Gasteiger partial charge in [-0.3, -0.25) is 13.9 Å². The summed E-state index contributed by atoms with van der Waals surface area (Å²) >= 11 is 6.36. The van der Waals surface area contributed by atoms with Crippen LogP contribution in [0.1, 0.15) is 37.0 Å². The Morgan fingerprint density at radius 3 is 2.18 bits per heavy atom. The molecule has 0 heterocycles. The molecule has 0 fully saturated rings. The van der Waals surface area contributed by atoms with E-state index >= 15 is 0 Å². The van der Waals surface area contributed by atoms with E-state index < -0.39 is 28.5 Å². The SMILES string of the molecule is CCNC(=O)[C@H](CC)N(Cc1ccccc1)C(=O)CN(c1ccc(C)c(Cl)c1)S(=O)(=O)c1ccc(C)cc1. The molecule has 3 aromatic carbocycles. The fourth-order valence-corrected chi connectivity index (χ4v) is 5.68. The van der Waals surface area contributed by atoms with Crippen LogP contribution >= 0.6 is 11.6 Å². The number of hydrogen-bond acceptors (Lipinski definition) is 4. The van der Waals surface area contributed by atoms with E-state index in [1.165, 1.54) is 17.0 Å². The smallest absolute Gasteiger partial charge is 0.264 e. The number of hydrogen-bond donors (Lipinski definition) is 1. The van der Waals surface area contributed by atoms with Gasteiger partial charge in [0, 0.05) is 18.1 Å². The molecule has 0 radical (unpaired) electrons. The van der Waals surface area contributed by atoms with E-state index in [-0.39, 0.29) is 23.0 Å². The summed E-state index contributed by atoms with van der Waals surface area (Å²) in [6, 6.07) is 19.9. The molecule has 2 amide bonds. The Balaban J connectivity index is 2.07. The van der Waals surface area contributed by atoms with Gasteiger partial charge in [0.05, 0.1) is 10.6 Å². The summed E-state index contributed by atoms with van der Waals surface area (Å²) in [7, 11) is -4.14. The van der Waals surface area contributed by atoms with Gasteiger partial charge in [-0.25, -0.2) is 8.42 Å². The molecule has 0 aliphatic rings. The van der Waals surface area contributed by atoms with Crippen molar-refractivity contribution >= 4 is 39.1 Å². The van der Waals surface area contributed by atoms with Crippen molar-refractivity contribution in [2.24, 2.45) is 0 Å². The van der Waals surface area contributed by atoms with E-state index in [9.17, 15) is 18.0 Å². The van der Waals surface area contributed by atoms with Crippen LogP contribution in [0.2, 0.25) is 5.02 Å². The van der Waals surface area contributed by atoms with Crippen molar-refractivity contribution in [2.75, 3.05) is 17.4 Å². The van der Waals surface area contributed by atoms with Gasteiger partial charge in [0.2, 0.25) is 11.8 Å². The van der Waals surface area contributed by atoms with Crippen LogP contribution in [0.15, 0.2) is 77.7 Å². The average Bonchev–Trinajstić information content (AvgIpc) is 2.89. The van der Waals surface area contributed by atoms with Crippen LogP contribution in [-0.4, -0.2) is 44.3 Å². The lowest BCUT2D eigenvalue weighted by Gasteiger charge is -2.33. The summed E-state index contributed by atoms with van der Waals surface area (Å²) in [5.41, 5.74) is 2.78. The molecule has 1 N–H and O–H groups in total. The third-order valence-corrected chi connectivity index (χ3v) is 8.46. The average molecular weight is 556 g/mol. The first-order valence-corrected chi connectivity index (χ1v) is 14.4. The predicted molar refractivity (Wildman–Crippen MR) is 152 cm³/mol. The molecule has 0 saturated heterocycles. The lowest BCUT2D eigenvalue weighted by atomic mass is 10.1. The van der Waals surface area contributed by atoms with Crippen LogP contribution in [-0.2, 0) is 26.2 Å². The third-order valence-electron chi connectivity index (χ3n) is 6.26. The van der Waals surface area contributed by atoms with Gasteiger partial charge in [-0.15, -0.1) is 0 Å². The molecule has 3 rings (SSSR count). The Morgan fingerprint density at radius 2 is 1.61 bits per heavy atom. The van der Waals surface area contributed by atoms with Gasteiger partial charge >= 0.3 is 0 Å². The summed E-state index contributed by atoms with van der Waals surface area (Å²) in [5.74, 6) is -0.787. The molecular formula is C29H34ClN3O4S. The zero-order valence-corrected chi connectivity index (χ0v) is 23.7. The molecule has 0 unspecified atom stereocenters. The molecule has 202 valence electrons. The molecule has 9 heteroatoms. The second-order valence-corrected chi connectivity index (χ2v) is 11.4. The fraction of sp³-hybridized carbons (Fsp3) is 0.310. The Kier molecular flexibility index (Phi) is 9.94. The summed E-state index contributed by atoms with van der Waals surface area (Å²) in [6.07, 6.45) is 0.367. The topological polar surface area (TPSA) is 86.8 Å². The molecule has 0 aromatic heterocycles. The van der Waals surface area contributed by atoms with E-state index in [0.29, 0.717) is 18.0 Å². The predicted octanol–water partition coefficient (Wildman–Crippen LogP) is 5.10.